The summed E-state index contributed by atoms with van der Waals surface area (Å²) in [6.07, 6.45) is 7.82. The van der Waals surface area contributed by atoms with E-state index in [1.807, 2.05) is 6.20 Å². The fraction of sp³-hybridized carbons (Fsp3) is 0.440. The van der Waals surface area contributed by atoms with Gasteiger partial charge in [-0.2, -0.15) is 0 Å². The molecular weight excluding hydrogens is 356 g/mol. The topological polar surface area (TPSA) is 49.8 Å². The highest BCUT2D eigenvalue weighted by atomic mass is 15.1. The van der Waals surface area contributed by atoms with Crippen molar-refractivity contribution in [3.8, 4) is 0 Å². The molecule has 2 aromatic rings. The highest BCUT2D eigenvalue weighted by Crippen LogP contribution is 2.44. The molecule has 2 N–H and O–H groups in total. The SMILES string of the molecule is C=C1NCCC(C)c2cc(/C(=C/C)c3cnc(NCC4(C)CC4)nc3C)ccc21. The number of hydrogen-bond acceptors (Lipinski definition) is 4. The monoisotopic (exact) mass is 388 g/mol. The molecule has 0 saturated heterocycles. The molecule has 29 heavy (non-hydrogen) atoms. The Morgan fingerprint density at radius 1 is 1.38 bits per heavy atom. The number of aromatic nitrogens is 2. The lowest BCUT2D eigenvalue weighted by molar-refractivity contribution is 0.607. The maximum absolute atomic E-state index is 4.74. The van der Waals surface area contributed by atoms with Gasteiger partial charge in [0.2, 0.25) is 5.95 Å². The van der Waals surface area contributed by atoms with E-state index < -0.39 is 0 Å². The van der Waals surface area contributed by atoms with E-state index in [-0.39, 0.29) is 0 Å². The molecule has 4 rings (SSSR count). The van der Waals surface area contributed by atoms with E-state index in [0.29, 0.717) is 11.3 Å². The van der Waals surface area contributed by atoms with Gasteiger partial charge in [-0.3, -0.25) is 0 Å². The smallest absolute Gasteiger partial charge is 0.222 e. The van der Waals surface area contributed by atoms with Crippen molar-refractivity contribution in [2.45, 2.75) is 52.9 Å². The number of hydrogen-bond donors (Lipinski definition) is 2. The Labute approximate surface area is 174 Å². The number of anilines is 1. The maximum atomic E-state index is 4.74. The van der Waals surface area contributed by atoms with E-state index in [2.05, 4.69) is 74.2 Å². The summed E-state index contributed by atoms with van der Waals surface area (Å²) in [6, 6.07) is 6.72. The Bertz CT molecular complexity index is 969. The largest absolute Gasteiger partial charge is 0.385 e. The zero-order valence-corrected chi connectivity index (χ0v) is 18.1. The molecule has 0 radical (unpaired) electrons. The predicted octanol–water partition coefficient (Wildman–Crippen LogP) is 5.52. The van der Waals surface area contributed by atoms with E-state index in [0.717, 1.165) is 42.4 Å². The molecule has 1 unspecified atom stereocenters. The van der Waals surface area contributed by atoms with Gasteiger partial charge in [0, 0.05) is 36.1 Å². The van der Waals surface area contributed by atoms with Crippen molar-refractivity contribution < 1.29 is 0 Å². The zero-order valence-electron chi connectivity index (χ0n) is 18.1. The van der Waals surface area contributed by atoms with Crippen LogP contribution in [0.2, 0.25) is 0 Å². The fourth-order valence-electron chi connectivity index (χ4n) is 4.08. The lowest BCUT2D eigenvalue weighted by Gasteiger charge is -2.17. The maximum Gasteiger partial charge on any atom is 0.222 e. The Morgan fingerprint density at radius 2 is 2.17 bits per heavy atom. The normalized spacial score (nSPS) is 20.5. The number of benzene rings is 1. The standard InChI is InChI=1S/C25H32N4/c1-6-20(19-7-8-21-17(3)26-12-9-16(2)22(21)13-19)23-14-27-24(29-18(23)4)28-15-25(5)10-11-25/h6-8,13-14,16,26H,3,9-12,15H2,1-2,4-5H3,(H,27,28,29)/b20-6-. The number of allylic oxidation sites excluding steroid dienone is 1. The molecule has 4 heteroatoms. The minimum atomic E-state index is 0.432. The highest BCUT2D eigenvalue weighted by Gasteiger charge is 2.37. The van der Waals surface area contributed by atoms with Crippen LogP contribution >= 0.6 is 0 Å². The average molecular weight is 389 g/mol. The van der Waals surface area contributed by atoms with Gasteiger partial charge in [-0.1, -0.05) is 44.7 Å². The van der Waals surface area contributed by atoms with Crippen molar-refractivity contribution in [2.24, 2.45) is 5.41 Å². The summed E-state index contributed by atoms with van der Waals surface area (Å²) in [5.74, 6) is 1.23. The number of nitrogens with zero attached hydrogens (tertiary/aromatic N) is 2. The number of rotatable bonds is 5. The van der Waals surface area contributed by atoms with E-state index >= 15 is 0 Å². The van der Waals surface area contributed by atoms with Crippen LogP contribution in [0, 0.1) is 12.3 Å². The van der Waals surface area contributed by atoms with E-state index in [1.54, 1.807) is 0 Å². The van der Waals surface area contributed by atoms with Crippen molar-refractivity contribution in [3.05, 3.63) is 65.0 Å². The molecule has 152 valence electrons. The third-order valence-corrected chi connectivity index (χ3v) is 6.47. The second kappa shape index (κ2) is 7.66. The van der Waals surface area contributed by atoms with Crippen LogP contribution in [-0.4, -0.2) is 23.1 Å². The van der Waals surface area contributed by atoms with Gasteiger partial charge in [0.05, 0.1) is 5.69 Å². The van der Waals surface area contributed by atoms with E-state index in [1.165, 1.54) is 35.1 Å². The molecule has 0 spiro atoms. The van der Waals surface area contributed by atoms with Gasteiger partial charge < -0.3 is 10.6 Å². The summed E-state index contributed by atoms with van der Waals surface area (Å²) in [7, 11) is 0. The first kappa shape index (κ1) is 19.7. The molecule has 2 heterocycles. The second-order valence-corrected chi connectivity index (χ2v) is 8.96. The molecule has 1 fully saturated rings. The first-order valence-corrected chi connectivity index (χ1v) is 10.7. The molecule has 0 amide bonds. The minimum absolute atomic E-state index is 0.432. The molecular formula is C25H32N4. The molecule has 4 nitrogen and oxygen atoms in total. The lowest BCUT2D eigenvalue weighted by Crippen LogP contribution is -2.14. The van der Waals surface area contributed by atoms with Crippen LogP contribution in [0.1, 0.15) is 73.9 Å². The van der Waals surface area contributed by atoms with Crippen LogP contribution in [0.3, 0.4) is 0 Å². The molecule has 1 aromatic heterocycles. The molecule has 1 atom stereocenters. The van der Waals surface area contributed by atoms with E-state index in [4.69, 9.17) is 4.98 Å². The molecule has 0 bridgehead atoms. The van der Waals surface area contributed by atoms with Gasteiger partial charge in [-0.25, -0.2) is 9.97 Å². The van der Waals surface area contributed by atoms with Gasteiger partial charge in [-0.05, 0) is 61.1 Å². The Morgan fingerprint density at radius 3 is 2.86 bits per heavy atom. The Kier molecular flexibility index (Phi) is 5.20. The molecule has 1 aliphatic carbocycles. The first-order chi connectivity index (χ1) is 13.9. The van der Waals surface area contributed by atoms with Crippen molar-refractivity contribution in [3.63, 3.8) is 0 Å². The highest BCUT2D eigenvalue weighted by molar-refractivity contribution is 5.82. The van der Waals surface area contributed by atoms with Gasteiger partial charge >= 0.3 is 0 Å². The molecule has 1 aromatic carbocycles. The van der Waals surface area contributed by atoms with Crippen LogP contribution in [0.15, 0.2) is 37.1 Å². The number of nitrogens with one attached hydrogen (secondary N) is 2. The summed E-state index contributed by atoms with van der Waals surface area (Å²) in [5.41, 5.74) is 8.55. The number of fused-ring (bicyclic) bond motifs is 1. The molecule has 2 aliphatic rings. The Hall–Kier alpha value is -2.62. The number of aryl methyl sites for hydroxylation is 1. The summed E-state index contributed by atoms with van der Waals surface area (Å²) >= 11 is 0. The third-order valence-electron chi connectivity index (χ3n) is 6.47. The first-order valence-electron chi connectivity index (χ1n) is 10.7. The Balaban J connectivity index is 1.63. The van der Waals surface area contributed by atoms with Gasteiger partial charge in [0.25, 0.3) is 0 Å². The summed E-state index contributed by atoms with van der Waals surface area (Å²) in [6.45, 7) is 14.9. The van der Waals surface area contributed by atoms with Gasteiger partial charge in [0.15, 0.2) is 0 Å². The van der Waals surface area contributed by atoms with Crippen LogP contribution in [0.5, 0.6) is 0 Å². The lowest BCUT2D eigenvalue weighted by atomic mass is 9.88. The summed E-state index contributed by atoms with van der Waals surface area (Å²) in [5, 5.41) is 6.84. The van der Waals surface area contributed by atoms with Gasteiger partial charge in [-0.15, -0.1) is 0 Å². The molecule has 1 saturated carbocycles. The van der Waals surface area contributed by atoms with E-state index in [9.17, 15) is 0 Å². The fourth-order valence-corrected chi connectivity index (χ4v) is 4.08. The van der Waals surface area contributed by atoms with Crippen molar-refractivity contribution in [1.82, 2.24) is 15.3 Å². The zero-order chi connectivity index (χ0) is 20.6. The second-order valence-electron chi connectivity index (χ2n) is 8.96. The third kappa shape index (κ3) is 4.07. The average Bonchev–Trinajstić information content (AvgIpc) is 3.47. The van der Waals surface area contributed by atoms with Crippen LogP contribution in [0.25, 0.3) is 11.3 Å². The van der Waals surface area contributed by atoms with Gasteiger partial charge in [0.1, 0.15) is 0 Å². The van der Waals surface area contributed by atoms with Crippen molar-refractivity contribution >= 4 is 17.2 Å². The quantitative estimate of drug-likeness (QED) is 0.708. The summed E-state index contributed by atoms with van der Waals surface area (Å²) in [4.78, 5) is 9.35. The van der Waals surface area contributed by atoms with Crippen LogP contribution < -0.4 is 10.6 Å². The molecule has 1 aliphatic heterocycles. The van der Waals surface area contributed by atoms with Crippen LogP contribution in [0.4, 0.5) is 5.95 Å². The van der Waals surface area contributed by atoms with Crippen molar-refractivity contribution in [2.75, 3.05) is 18.4 Å². The predicted molar refractivity (Wildman–Crippen MR) is 122 cm³/mol. The minimum Gasteiger partial charge on any atom is -0.385 e. The summed E-state index contributed by atoms with van der Waals surface area (Å²) < 4.78 is 0. The van der Waals surface area contributed by atoms with Crippen molar-refractivity contribution in [1.29, 1.82) is 0 Å². The van der Waals surface area contributed by atoms with Crippen LogP contribution in [-0.2, 0) is 0 Å².